The Hall–Kier alpha value is -0.690. The number of hydrogen-bond acceptors (Lipinski definition) is 1. The molecule has 0 radical (unpaired) electrons. The van der Waals surface area contributed by atoms with Gasteiger partial charge >= 0.3 is 0 Å². The molecule has 0 unspecified atom stereocenters. The maximum absolute atomic E-state index is 4.08. The van der Waals surface area contributed by atoms with Crippen LogP contribution in [0.1, 0.15) is 36.5 Å². The van der Waals surface area contributed by atoms with Crippen LogP contribution in [0, 0.1) is 6.92 Å². The second kappa shape index (κ2) is 4.52. The van der Waals surface area contributed by atoms with Crippen LogP contribution in [-0.4, -0.2) is 0 Å². The predicted octanol–water partition coefficient (Wildman–Crippen LogP) is 4.02. The lowest BCUT2D eigenvalue weighted by Gasteiger charge is -2.08. The largest absolute Gasteiger partial charge is 0.151 e. The van der Waals surface area contributed by atoms with Gasteiger partial charge in [0.15, 0.2) is 0 Å². The fraction of sp³-hybridized carbons (Fsp3) is 0.333. The van der Waals surface area contributed by atoms with Crippen molar-refractivity contribution in [1.29, 1.82) is 0 Å². The molecule has 1 aromatic rings. The minimum absolute atomic E-state index is 0.590. The molecule has 0 spiro atoms. The minimum Gasteiger partial charge on any atom is -0.151 e. The molecule has 70 valence electrons. The maximum atomic E-state index is 4.08. The molecule has 0 nitrogen and oxygen atoms in total. The van der Waals surface area contributed by atoms with Crippen LogP contribution in [0.5, 0.6) is 0 Å². The Labute approximate surface area is 86.1 Å². The summed E-state index contributed by atoms with van der Waals surface area (Å²) in [5.74, 6) is 0.590. The number of rotatable bonds is 2. The van der Waals surface area contributed by atoms with E-state index in [1.807, 2.05) is 6.08 Å². The Morgan fingerprint density at radius 1 is 1.31 bits per heavy atom. The third-order valence-corrected chi connectivity index (χ3v) is 2.37. The molecular weight excluding hydrogens is 176 g/mol. The van der Waals surface area contributed by atoms with Crippen molar-refractivity contribution < 1.29 is 0 Å². The Balaban J connectivity index is 3.11. The SMILES string of the molecule is Cc1ccc(C(C)C)cc1/C=C\S. The summed E-state index contributed by atoms with van der Waals surface area (Å²) >= 11 is 4.08. The summed E-state index contributed by atoms with van der Waals surface area (Å²) in [7, 11) is 0. The molecule has 0 aliphatic heterocycles. The highest BCUT2D eigenvalue weighted by molar-refractivity contribution is 7.83. The molecule has 1 aromatic carbocycles. The second-order valence-corrected chi connectivity index (χ2v) is 3.88. The molecule has 0 aliphatic rings. The first kappa shape index (κ1) is 10.4. The van der Waals surface area contributed by atoms with Gasteiger partial charge in [0.25, 0.3) is 0 Å². The monoisotopic (exact) mass is 192 g/mol. The fourth-order valence-corrected chi connectivity index (χ4v) is 1.44. The van der Waals surface area contributed by atoms with E-state index in [1.54, 1.807) is 5.41 Å². The molecule has 0 bridgehead atoms. The van der Waals surface area contributed by atoms with Crippen molar-refractivity contribution in [1.82, 2.24) is 0 Å². The Bertz CT molecular complexity index is 311. The van der Waals surface area contributed by atoms with Gasteiger partial charge in [-0.3, -0.25) is 0 Å². The van der Waals surface area contributed by atoms with Crippen molar-refractivity contribution in [3.63, 3.8) is 0 Å². The van der Waals surface area contributed by atoms with E-state index in [9.17, 15) is 0 Å². The van der Waals surface area contributed by atoms with E-state index >= 15 is 0 Å². The summed E-state index contributed by atoms with van der Waals surface area (Å²) in [5, 5.41) is 1.78. The van der Waals surface area contributed by atoms with E-state index in [2.05, 4.69) is 51.6 Å². The van der Waals surface area contributed by atoms with Gasteiger partial charge in [-0.15, -0.1) is 0 Å². The van der Waals surface area contributed by atoms with Crippen LogP contribution < -0.4 is 0 Å². The third kappa shape index (κ3) is 2.63. The maximum Gasteiger partial charge on any atom is -0.0219 e. The zero-order valence-corrected chi connectivity index (χ0v) is 9.31. The topological polar surface area (TPSA) is 0 Å². The van der Waals surface area contributed by atoms with E-state index < -0.39 is 0 Å². The highest BCUT2D eigenvalue weighted by Gasteiger charge is 2.00. The molecule has 0 fully saturated rings. The summed E-state index contributed by atoms with van der Waals surface area (Å²) in [6, 6.07) is 6.58. The van der Waals surface area contributed by atoms with Gasteiger partial charge in [-0.05, 0) is 41.0 Å². The number of hydrogen-bond donors (Lipinski definition) is 1. The van der Waals surface area contributed by atoms with Gasteiger partial charge in [0.2, 0.25) is 0 Å². The van der Waals surface area contributed by atoms with Crippen LogP contribution in [0.25, 0.3) is 6.08 Å². The Morgan fingerprint density at radius 3 is 2.54 bits per heavy atom. The summed E-state index contributed by atoms with van der Waals surface area (Å²) in [6.45, 7) is 6.53. The molecule has 1 rings (SSSR count). The predicted molar refractivity (Wildman–Crippen MR) is 63.3 cm³/mol. The van der Waals surface area contributed by atoms with Crippen LogP contribution in [0.4, 0.5) is 0 Å². The molecule has 0 saturated heterocycles. The van der Waals surface area contributed by atoms with Crippen molar-refractivity contribution >= 4 is 18.7 Å². The van der Waals surface area contributed by atoms with Crippen LogP contribution in [-0.2, 0) is 0 Å². The lowest BCUT2D eigenvalue weighted by molar-refractivity contribution is 0.865. The quantitative estimate of drug-likeness (QED) is 0.672. The van der Waals surface area contributed by atoms with Crippen LogP contribution in [0.3, 0.4) is 0 Å². The molecule has 13 heavy (non-hydrogen) atoms. The average molecular weight is 192 g/mol. The van der Waals surface area contributed by atoms with Crippen molar-refractivity contribution in [2.45, 2.75) is 26.7 Å². The van der Waals surface area contributed by atoms with E-state index in [0.29, 0.717) is 5.92 Å². The first-order valence-corrected chi connectivity index (χ1v) is 5.08. The summed E-state index contributed by atoms with van der Waals surface area (Å²) in [4.78, 5) is 0. The highest BCUT2D eigenvalue weighted by atomic mass is 32.1. The molecule has 0 heterocycles. The second-order valence-electron chi connectivity index (χ2n) is 3.59. The van der Waals surface area contributed by atoms with Gasteiger partial charge in [0, 0.05) is 0 Å². The van der Waals surface area contributed by atoms with Gasteiger partial charge in [0.05, 0.1) is 0 Å². The Morgan fingerprint density at radius 2 is 2.00 bits per heavy atom. The van der Waals surface area contributed by atoms with Crippen molar-refractivity contribution in [2.24, 2.45) is 0 Å². The van der Waals surface area contributed by atoms with Gasteiger partial charge in [-0.2, -0.15) is 12.6 Å². The van der Waals surface area contributed by atoms with Crippen LogP contribution in [0.2, 0.25) is 0 Å². The molecule has 1 heteroatoms. The molecule has 0 saturated carbocycles. The smallest absolute Gasteiger partial charge is 0.0219 e. The first-order chi connectivity index (χ1) is 6.15. The van der Waals surface area contributed by atoms with Crippen LogP contribution >= 0.6 is 12.6 Å². The minimum atomic E-state index is 0.590. The van der Waals surface area contributed by atoms with E-state index in [4.69, 9.17) is 0 Å². The zero-order chi connectivity index (χ0) is 9.84. The third-order valence-electron chi connectivity index (χ3n) is 2.22. The van der Waals surface area contributed by atoms with Gasteiger partial charge < -0.3 is 0 Å². The lowest BCUT2D eigenvalue weighted by atomic mass is 9.98. The van der Waals surface area contributed by atoms with Crippen molar-refractivity contribution in [3.8, 4) is 0 Å². The van der Waals surface area contributed by atoms with E-state index in [1.165, 1.54) is 16.7 Å². The van der Waals surface area contributed by atoms with Crippen molar-refractivity contribution in [2.75, 3.05) is 0 Å². The number of thiol groups is 1. The lowest BCUT2D eigenvalue weighted by Crippen LogP contribution is -1.89. The molecule has 0 amide bonds. The zero-order valence-electron chi connectivity index (χ0n) is 8.41. The van der Waals surface area contributed by atoms with Crippen LogP contribution in [0.15, 0.2) is 23.6 Å². The number of aryl methyl sites for hydroxylation is 1. The fourth-order valence-electron chi connectivity index (χ4n) is 1.28. The molecule has 0 N–H and O–H groups in total. The standard InChI is InChI=1S/C12H16S/c1-9(2)11-5-4-10(3)12(8-11)6-7-13/h4-9,13H,1-3H3/b7-6-. The van der Waals surface area contributed by atoms with Crippen molar-refractivity contribution in [3.05, 3.63) is 40.3 Å². The summed E-state index contributed by atoms with van der Waals surface area (Å²) < 4.78 is 0. The molecule has 0 aliphatic carbocycles. The summed E-state index contributed by atoms with van der Waals surface area (Å²) in [5.41, 5.74) is 3.95. The average Bonchev–Trinajstić information content (AvgIpc) is 2.08. The van der Waals surface area contributed by atoms with E-state index in [0.717, 1.165) is 0 Å². The summed E-state index contributed by atoms with van der Waals surface area (Å²) in [6.07, 6.45) is 2.03. The van der Waals surface area contributed by atoms with Gasteiger partial charge in [0.1, 0.15) is 0 Å². The van der Waals surface area contributed by atoms with Gasteiger partial charge in [-0.1, -0.05) is 32.0 Å². The first-order valence-electron chi connectivity index (χ1n) is 4.56. The van der Waals surface area contributed by atoms with E-state index in [-0.39, 0.29) is 0 Å². The number of benzene rings is 1. The molecule has 0 aromatic heterocycles. The normalized spacial score (nSPS) is 11.5. The highest BCUT2D eigenvalue weighted by Crippen LogP contribution is 2.19. The molecule has 0 atom stereocenters. The van der Waals surface area contributed by atoms with Gasteiger partial charge in [-0.25, -0.2) is 0 Å². The molecular formula is C12H16S. The Kier molecular flexibility index (Phi) is 3.61.